The van der Waals surface area contributed by atoms with E-state index in [0.717, 1.165) is 39.1 Å². The van der Waals surface area contributed by atoms with Crippen LogP contribution in [0, 0.1) is 0 Å². The van der Waals surface area contributed by atoms with Crippen LogP contribution >= 0.6 is 0 Å². The minimum absolute atomic E-state index is 0.461. The van der Waals surface area contributed by atoms with Crippen molar-refractivity contribution in [1.82, 2.24) is 9.97 Å². The molecule has 1 aromatic heterocycles. The Hall–Kier alpha value is -7.10. The molecule has 1 spiro atoms. The predicted octanol–water partition coefficient (Wildman–Crippen LogP) is 12.8. The smallest absolute Gasteiger partial charge is 0.235 e. The molecule has 8 aromatic carbocycles. The molecule has 0 unspecified atom stereocenters. The fraction of sp³-hybridized carbons (Fsp3) is 0.0196. The highest BCUT2D eigenvalue weighted by Crippen LogP contribution is 2.63. The molecule has 1 heterocycles. The zero-order valence-corrected chi connectivity index (χ0v) is 29.4. The highest BCUT2D eigenvalue weighted by Gasteiger charge is 2.51. The van der Waals surface area contributed by atoms with E-state index < -0.39 is 5.41 Å². The molecule has 0 bridgehead atoms. The number of nitrogens with zero attached hydrogens (tertiary/aromatic N) is 3. The van der Waals surface area contributed by atoms with Crippen LogP contribution in [0.25, 0.3) is 55.5 Å². The molecule has 0 atom stereocenters. The number of rotatable bonds is 5. The highest BCUT2D eigenvalue weighted by molar-refractivity contribution is 5.97. The van der Waals surface area contributed by atoms with Crippen molar-refractivity contribution >= 4 is 28.2 Å². The van der Waals surface area contributed by atoms with Gasteiger partial charge in [0.2, 0.25) is 5.95 Å². The van der Waals surface area contributed by atoms with Crippen LogP contribution in [0.5, 0.6) is 0 Å². The van der Waals surface area contributed by atoms with Gasteiger partial charge in [-0.15, -0.1) is 0 Å². The third kappa shape index (κ3) is 4.42. The van der Waals surface area contributed by atoms with Gasteiger partial charge in [-0.3, -0.25) is 4.90 Å². The van der Waals surface area contributed by atoms with Crippen molar-refractivity contribution in [3.05, 3.63) is 222 Å². The number of anilines is 3. The van der Waals surface area contributed by atoms with Crippen molar-refractivity contribution in [2.75, 3.05) is 4.90 Å². The lowest BCUT2D eigenvalue weighted by Crippen LogP contribution is -2.26. The summed E-state index contributed by atoms with van der Waals surface area (Å²) in [7, 11) is 0. The molecule has 0 aliphatic heterocycles. The van der Waals surface area contributed by atoms with Crippen molar-refractivity contribution in [2.24, 2.45) is 0 Å². The van der Waals surface area contributed by atoms with Gasteiger partial charge in [0, 0.05) is 22.3 Å². The molecule has 0 saturated carbocycles. The average Bonchev–Trinajstić information content (AvgIpc) is 3.71. The molecule has 54 heavy (non-hydrogen) atoms. The standard InChI is InChI=1S/C51H33N3/c1-3-15-34(16-4-1)35-27-29-37(30-28-35)54(50-52-48-26-14-10-22-43(48)49(53-50)36-17-5-2-6-18-36)38-31-32-42-41-21-9-13-25-46(41)51(47(42)33-38)44-23-11-7-19-39(44)40-20-8-12-24-45(40)51/h1-33H. The maximum atomic E-state index is 5.41. The SMILES string of the molecule is c1ccc(-c2ccc(N(c3ccc4c(c3)C3(c5ccccc5-c5ccccc53)c3ccccc3-4)c3nc(-c4ccccc4)c4ccccc4n3)cc2)cc1. The predicted molar refractivity (Wildman–Crippen MR) is 221 cm³/mol. The summed E-state index contributed by atoms with van der Waals surface area (Å²) >= 11 is 0. The van der Waals surface area contributed by atoms with Crippen molar-refractivity contribution in [1.29, 1.82) is 0 Å². The van der Waals surface area contributed by atoms with Gasteiger partial charge < -0.3 is 0 Å². The summed E-state index contributed by atoms with van der Waals surface area (Å²) in [6.07, 6.45) is 0. The van der Waals surface area contributed by atoms with E-state index in [0.29, 0.717) is 5.95 Å². The first kappa shape index (κ1) is 30.5. The molecule has 3 nitrogen and oxygen atoms in total. The van der Waals surface area contributed by atoms with E-state index in [9.17, 15) is 0 Å². The monoisotopic (exact) mass is 687 g/mol. The Morgan fingerprint density at radius 1 is 0.352 bits per heavy atom. The number of benzene rings is 8. The second-order valence-corrected chi connectivity index (χ2v) is 14.1. The lowest BCUT2D eigenvalue weighted by molar-refractivity contribution is 0.793. The minimum atomic E-state index is -0.461. The molecular weight excluding hydrogens is 655 g/mol. The van der Waals surface area contributed by atoms with E-state index in [1.165, 1.54) is 50.1 Å². The van der Waals surface area contributed by atoms with Gasteiger partial charge in [0.1, 0.15) is 0 Å². The van der Waals surface area contributed by atoms with Gasteiger partial charge in [-0.2, -0.15) is 0 Å². The molecule has 0 radical (unpaired) electrons. The molecule has 9 aromatic rings. The number of hydrogen-bond donors (Lipinski definition) is 0. The molecule has 2 aliphatic rings. The zero-order valence-electron chi connectivity index (χ0n) is 29.4. The normalized spacial score (nSPS) is 13.0. The van der Waals surface area contributed by atoms with Crippen LogP contribution in [0.4, 0.5) is 17.3 Å². The molecule has 2 aliphatic carbocycles. The summed E-state index contributed by atoms with van der Waals surface area (Å²) in [4.78, 5) is 13.0. The van der Waals surface area contributed by atoms with Gasteiger partial charge in [-0.1, -0.05) is 170 Å². The van der Waals surface area contributed by atoms with Crippen LogP contribution in [0.15, 0.2) is 200 Å². The fourth-order valence-electron chi connectivity index (χ4n) is 9.02. The Kier molecular flexibility index (Phi) is 6.77. The molecule has 0 fully saturated rings. The fourth-order valence-corrected chi connectivity index (χ4v) is 9.02. The Bertz CT molecular complexity index is 2820. The number of para-hydroxylation sites is 1. The van der Waals surface area contributed by atoms with Crippen molar-refractivity contribution in [3.63, 3.8) is 0 Å². The Morgan fingerprint density at radius 3 is 1.46 bits per heavy atom. The van der Waals surface area contributed by atoms with Crippen LogP contribution in [0.2, 0.25) is 0 Å². The van der Waals surface area contributed by atoms with Crippen molar-refractivity contribution < 1.29 is 0 Å². The largest absolute Gasteiger partial charge is 0.279 e. The topological polar surface area (TPSA) is 29.0 Å². The van der Waals surface area contributed by atoms with Gasteiger partial charge in [-0.05, 0) is 86.0 Å². The van der Waals surface area contributed by atoms with E-state index in [4.69, 9.17) is 9.97 Å². The summed E-state index contributed by atoms with van der Waals surface area (Å²) in [6, 6.07) is 71.9. The lowest BCUT2D eigenvalue weighted by atomic mass is 9.70. The Balaban J connectivity index is 1.18. The Labute approximate surface area is 314 Å². The molecule has 252 valence electrons. The minimum Gasteiger partial charge on any atom is -0.279 e. The second-order valence-electron chi connectivity index (χ2n) is 14.1. The summed E-state index contributed by atoms with van der Waals surface area (Å²) in [5.74, 6) is 0.622. The Morgan fingerprint density at radius 2 is 0.833 bits per heavy atom. The summed E-state index contributed by atoms with van der Waals surface area (Å²) in [5, 5.41) is 1.02. The van der Waals surface area contributed by atoms with E-state index in [1.54, 1.807) is 0 Å². The molecule has 11 rings (SSSR count). The van der Waals surface area contributed by atoms with E-state index >= 15 is 0 Å². The van der Waals surface area contributed by atoms with Gasteiger partial charge in [-0.25, -0.2) is 9.97 Å². The molecule has 0 saturated heterocycles. The molecular formula is C51H33N3. The first-order chi connectivity index (χ1) is 26.8. The number of aromatic nitrogens is 2. The number of fused-ring (bicyclic) bond motifs is 11. The van der Waals surface area contributed by atoms with Gasteiger partial charge in [0.05, 0.1) is 16.6 Å². The highest BCUT2D eigenvalue weighted by atomic mass is 15.3. The number of hydrogen-bond acceptors (Lipinski definition) is 3. The van der Waals surface area contributed by atoms with Gasteiger partial charge in [0.15, 0.2) is 0 Å². The van der Waals surface area contributed by atoms with Crippen LogP contribution in [0.3, 0.4) is 0 Å². The van der Waals surface area contributed by atoms with Crippen molar-refractivity contribution in [3.8, 4) is 44.6 Å². The van der Waals surface area contributed by atoms with Gasteiger partial charge in [0.25, 0.3) is 0 Å². The van der Waals surface area contributed by atoms with E-state index in [-0.39, 0.29) is 0 Å². The third-order valence-corrected chi connectivity index (χ3v) is 11.3. The first-order valence-electron chi connectivity index (χ1n) is 18.5. The summed E-state index contributed by atoms with van der Waals surface area (Å²) in [5.41, 5.74) is 17.1. The summed E-state index contributed by atoms with van der Waals surface area (Å²) in [6.45, 7) is 0. The third-order valence-electron chi connectivity index (χ3n) is 11.3. The molecule has 0 amide bonds. The van der Waals surface area contributed by atoms with Crippen LogP contribution < -0.4 is 4.90 Å². The second kappa shape index (κ2) is 12.0. The van der Waals surface area contributed by atoms with Crippen molar-refractivity contribution in [2.45, 2.75) is 5.41 Å². The first-order valence-corrected chi connectivity index (χ1v) is 18.5. The maximum absolute atomic E-state index is 5.41. The van der Waals surface area contributed by atoms with Crippen LogP contribution in [-0.2, 0) is 5.41 Å². The molecule has 3 heteroatoms. The van der Waals surface area contributed by atoms with Crippen LogP contribution in [0.1, 0.15) is 22.3 Å². The lowest BCUT2D eigenvalue weighted by Gasteiger charge is -2.32. The maximum Gasteiger partial charge on any atom is 0.235 e. The summed E-state index contributed by atoms with van der Waals surface area (Å²) < 4.78 is 0. The quantitative estimate of drug-likeness (QED) is 0.180. The molecule has 0 N–H and O–H groups in total. The van der Waals surface area contributed by atoms with E-state index in [1.807, 2.05) is 6.07 Å². The zero-order chi connectivity index (χ0) is 35.6. The average molecular weight is 688 g/mol. The van der Waals surface area contributed by atoms with E-state index in [2.05, 4.69) is 199 Å². The van der Waals surface area contributed by atoms with Gasteiger partial charge >= 0.3 is 0 Å². The van der Waals surface area contributed by atoms with Crippen LogP contribution in [-0.4, -0.2) is 9.97 Å².